The van der Waals surface area contributed by atoms with Crippen LogP contribution in [0.25, 0.3) is 11.0 Å². The van der Waals surface area contributed by atoms with E-state index >= 15 is 0 Å². The van der Waals surface area contributed by atoms with Crippen LogP contribution < -0.4 is 5.73 Å². The molecular weight excluding hydrogens is 332 g/mol. The second-order valence-corrected chi connectivity index (χ2v) is 6.64. The van der Waals surface area contributed by atoms with Gasteiger partial charge in [0.25, 0.3) is 5.91 Å². The predicted molar refractivity (Wildman–Crippen MR) is 86.2 cm³/mol. The van der Waals surface area contributed by atoms with Crippen molar-refractivity contribution in [1.82, 2.24) is 4.90 Å². The minimum Gasteiger partial charge on any atom is -0.450 e. The third kappa shape index (κ3) is 2.85. The second-order valence-electron chi connectivity index (χ2n) is 5.78. The minimum atomic E-state index is -0.0385. The van der Waals surface area contributed by atoms with Gasteiger partial charge in [-0.25, -0.2) is 0 Å². The number of carbonyl (C=O) groups is 1. The molecule has 0 bridgehead atoms. The Morgan fingerprint density at radius 2 is 2.33 bits per heavy atom. The van der Waals surface area contributed by atoms with E-state index in [9.17, 15) is 4.79 Å². The van der Waals surface area contributed by atoms with Crippen LogP contribution in [0.4, 0.5) is 0 Å². The van der Waals surface area contributed by atoms with Crippen molar-refractivity contribution in [1.29, 1.82) is 0 Å². The predicted octanol–water partition coefficient (Wildman–Crippen LogP) is 3.39. The molecule has 3 rings (SSSR count). The number of nitrogens with zero attached hydrogens (tertiary/aromatic N) is 1. The van der Waals surface area contributed by atoms with Crippen LogP contribution in [0.2, 0.25) is 0 Å². The molecule has 0 aliphatic carbocycles. The smallest absolute Gasteiger partial charge is 0.289 e. The zero-order chi connectivity index (χ0) is 15.0. The van der Waals surface area contributed by atoms with Crippen molar-refractivity contribution in [2.24, 2.45) is 11.7 Å². The molecule has 21 heavy (non-hydrogen) atoms. The van der Waals surface area contributed by atoms with Crippen LogP contribution in [-0.2, 0) is 0 Å². The number of fused-ring (bicyclic) bond motifs is 1. The van der Waals surface area contributed by atoms with Gasteiger partial charge in [-0.3, -0.25) is 4.79 Å². The van der Waals surface area contributed by atoms with Gasteiger partial charge in [-0.1, -0.05) is 12.1 Å². The topological polar surface area (TPSA) is 59.5 Å². The monoisotopic (exact) mass is 350 g/mol. The zero-order valence-corrected chi connectivity index (χ0v) is 13.6. The van der Waals surface area contributed by atoms with Crippen molar-refractivity contribution in [2.45, 2.75) is 25.8 Å². The SMILES string of the molecule is CC(N)C1CCCN(C(=O)c2cc3cccc(Br)c3o2)C1. The molecule has 1 aliphatic heterocycles. The molecule has 1 aromatic heterocycles. The molecular formula is C16H19BrN2O2. The highest BCUT2D eigenvalue weighted by Crippen LogP contribution is 2.28. The largest absolute Gasteiger partial charge is 0.450 e. The summed E-state index contributed by atoms with van der Waals surface area (Å²) in [5.41, 5.74) is 6.71. The first-order valence-corrected chi connectivity index (χ1v) is 8.08. The van der Waals surface area contributed by atoms with Gasteiger partial charge < -0.3 is 15.1 Å². The van der Waals surface area contributed by atoms with Gasteiger partial charge in [-0.2, -0.15) is 0 Å². The zero-order valence-electron chi connectivity index (χ0n) is 12.0. The number of likely N-dealkylation sites (tertiary alicyclic amines) is 1. The maximum Gasteiger partial charge on any atom is 0.289 e. The Morgan fingerprint density at radius 3 is 3.05 bits per heavy atom. The molecule has 112 valence electrons. The lowest BCUT2D eigenvalue weighted by Crippen LogP contribution is -2.44. The summed E-state index contributed by atoms with van der Waals surface area (Å²) in [4.78, 5) is 14.5. The van der Waals surface area contributed by atoms with Crippen molar-refractivity contribution < 1.29 is 9.21 Å². The van der Waals surface area contributed by atoms with Crippen LogP contribution in [-0.4, -0.2) is 29.9 Å². The van der Waals surface area contributed by atoms with Gasteiger partial charge >= 0.3 is 0 Å². The number of furan rings is 1. The number of nitrogens with two attached hydrogens (primary N) is 1. The van der Waals surface area contributed by atoms with Crippen molar-refractivity contribution in [3.8, 4) is 0 Å². The molecule has 2 N–H and O–H groups in total. The number of benzene rings is 1. The first-order valence-electron chi connectivity index (χ1n) is 7.29. The van der Waals surface area contributed by atoms with Gasteiger partial charge in [0.2, 0.25) is 0 Å². The molecule has 2 atom stereocenters. The van der Waals surface area contributed by atoms with Crippen LogP contribution >= 0.6 is 15.9 Å². The van der Waals surface area contributed by atoms with Crippen molar-refractivity contribution in [2.75, 3.05) is 13.1 Å². The molecule has 0 saturated carbocycles. The first-order chi connectivity index (χ1) is 10.1. The van der Waals surface area contributed by atoms with E-state index in [-0.39, 0.29) is 11.9 Å². The lowest BCUT2D eigenvalue weighted by molar-refractivity contribution is 0.0631. The number of carbonyl (C=O) groups excluding carboxylic acids is 1. The van der Waals surface area contributed by atoms with Crippen molar-refractivity contribution in [3.05, 3.63) is 34.5 Å². The maximum atomic E-state index is 12.6. The molecule has 2 heterocycles. The van der Waals surface area contributed by atoms with Crippen LogP contribution in [0.15, 0.2) is 33.2 Å². The number of hydrogen-bond donors (Lipinski definition) is 1. The van der Waals surface area contributed by atoms with E-state index in [0.29, 0.717) is 18.2 Å². The molecule has 0 radical (unpaired) electrons. The van der Waals surface area contributed by atoms with E-state index < -0.39 is 0 Å². The summed E-state index contributed by atoms with van der Waals surface area (Å²) in [6.45, 7) is 3.51. The van der Waals surface area contributed by atoms with Crippen LogP contribution in [0.3, 0.4) is 0 Å². The van der Waals surface area contributed by atoms with E-state index in [1.807, 2.05) is 36.1 Å². The number of hydrogen-bond acceptors (Lipinski definition) is 3. The fourth-order valence-corrected chi connectivity index (χ4v) is 3.37. The quantitative estimate of drug-likeness (QED) is 0.902. The Bertz CT molecular complexity index is 665. The first kappa shape index (κ1) is 14.6. The highest BCUT2D eigenvalue weighted by molar-refractivity contribution is 9.10. The lowest BCUT2D eigenvalue weighted by atomic mass is 9.92. The van der Waals surface area contributed by atoms with E-state index in [1.165, 1.54) is 0 Å². The lowest BCUT2D eigenvalue weighted by Gasteiger charge is -2.34. The number of halogens is 1. The molecule has 2 unspecified atom stereocenters. The minimum absolute atomic E-state index is 0.0385. The van der Waals surface area contributed by atoms with E-state index in [1.54, 1.807) is 0 Å². The third-order valence-corrected chi connectivity index (χ3v) is 4.82. The van der Waals surface area contributed by atoms with Gasteiger partial charge in [0.15, 0.2) is 5.76 Å². The standard InChI is InChI=1S/C16H19BrN2O2/c1-10(18)12-5-3-7-19(9-12)16(20)14-8-11-4-2-6-13(17)15(11)21-14/h2,4,6,8,10,12H,3,5,7,9,18H2,1H3. The summed E-state index contributed by atoms with van der Waals surface area (Å²) in [7, 11) is 0. The van der Waals surface area contributed by atoms with Gasteiger partial charge in [0.05, 0.1) is 4.47 Å². The molecule has 1 fully saturated rings. The van der Waals surface area contributed by atoms with Gasteiger partial charge in [-0.05, 0) is 53.7 Å². The van der Waals surface area contributed by atoms with Crippen molar-refractivity contribution >= 4 is 32.8 Å². The Hall–Kier alpha value is -1.33. The summed E-state index contributed by atoms with van der Waals surface area (Å²) in [5, 5.41) is 0.938. The molecule has 2 aromatic rings. The number of rotatable bonds is 2. The summed E-state index contributed by atoms with van der Waals surface area (Å²) >= 11 is 3.45. The number of piperidine rings is 1. The van der Waals surface area contributed by atoms with Crippen LogP contribution in [0, 0.1) is 5.92 Å². The van der Waals surface area contributed by atoms with Crippen LogP contribution in [0.5, 0.6) is 0 Å². The number of para-hydroxylation sites is 1. The fourth-order valence-electron chi connectivity index (χ4n) is 2.91. The Balaban J connectivity index is 1.84. The highest BCUT2D eigenvalue weighted by Gasteiger charge is 2.28. The summed E-state index contributed by atoms with van der Waals surface area (Å²) in [5.74, 6) is 0.740. The molecule has 4 nitrogen and oxygen atoms in total. The molecule has 1 aromatic carbocycles. The van der Waals surface area contributed by atoms with Gasteiger partial charge in [-0.15, -0.1) is 0 Å². The molecule has 1 amide bonds. The fraction of sp³-hybridized carbons (Fsp3) is 0.438. The Kier molecular flexibility index (Phi) is 4.04. The molecule has 0 spiro atoms. The van der Waals surface area contributed by atoms with Crippen LogP contribution in [0.1, 0.15) is 30.3 Å². The van der Waals surface area contributed by atoms with E-state index in [4.69, 9.17) is 10.2 Å². The molecule has 1 saturated heterocycles. The average Bonchev–Trinajstić information content (AvgIpc) is 2.92. The van der Waals surface area contributed by atoms with E-state index in [0.717, 1.165) is 34.8 Å². The highest BCUT2D eigenvalue weighted by atomic mass is 79.9. The second kappa shape index (κ2) is 5.81. The normalized spacial score (nSPS) is 20.7. The summed E-state index contributed by atoms with van der Waals surface area (Å²) in [6, 6.07) is 7.72. The average molecular weight is 351 g/mol. The Morgan fingerprint density at radius 1 is 1.52 bits per heavy atom. The number of amides is 1. The van der Waals surface area contributed by atoms with E-state index in [2.05, 4.69) is 15.9 Å². The maximum absolute atomic E-state index is 12.6. The molecule has 1 aliphatic rings. The summed E-state index contributed by atoms with van der Waals surface area (Å²) < 4.78 is 6.61. The van der Waals surface area contributed by atoms with Crippen molar-refractivity contribution in [3.63, 3.8) is 0 Å². The summed E-state index contributed by atoms with van der Waals surface area (Å²) in [6.07, 6.45) is 2.09. The van der Waals surface area contributed by atoms with Gasteiger partial charge in [0.1, 0.15) is 5.58 Å². The molecule has 5 heteroatoms. The Labute approximate surface area is 132 Å². The van der Waals surface area contributed by atoms with Gasteiger partial charge in [0, 0.05) is 24.5 Å². The third-order valence-electron chi connectivity index (χ3n) is 4.20.